The number of carbonyl (C=O) groups excluding carboxylic acids is 1. The Morgan fingerprint density at radius 3 is 2.84 bits per heavy atom. The third-order valence-electron chi connectivity index (χ3n) is 2.56. The number of anilines is 1. The molecule has 1 aromatic carbocycles. The number of furan rings is 1. The second-order valence-corrected chi connectivity index (χ2v) is 5.04. The van der Waals surface area contributed by atoms with Crippen LogP contribution in [0.3, 0.4) is 0 Å². The highest BCUT2D eigenvalue weighted by molar-refractivity contribution is 9.10. The molecule has 100 valence electrons. The molecule has 2 aromatic rings. The first kappa shape index (κ1) is 13.7. The average molecular weight is 324 g/mol. The smallest absolute Gasteiger partial charge is 0.373 e. The summed E-state index contributed by atoms with van der Waals surface area (Å²) in [7, 11) is 1.33. The quantitative estimate of drug-likeness (QED) is 0.870. The zero-order valence-corrected chi connectivity index (χ0v) is 12.3. The van der Waals surface area contributed by atoms with Crippen LogP contribution < -0.4 is 5.32 Å². The maximum absolute atomic E-state index is 11.2. The molecule has 1 heterocycles. The molecule has 0 aliphatic rings. The summed E-state index contributed by atoms with van der Waals surface area (Å²) >= 11 is 3.45. The summed E-state index contributed by atoms with van der Waals surface area (Å²) in [6.07, 6.45) is 0. The van der Waals surface area contributed by atoms with Gasteiger partial charge in [0.25, 0.3) is 0 Å². The van der Waals surface area contributed by atoms with Gasteiger partial charge in [-0.25, -0.2) is 4.79 Å². The molecule has 19 heavy (non-hydrogen) atoms. The lowest BCUT2D eigenvalue weighted by Crippen LogP contribution is -2.00. The SMILES string of the molecule is COC(=O)c1ccc(CNc2cc(C)cc(Br)c2)o1. The zero-order chi connectivity index (χ0) is 13.8. The number of halogens is 1. The number of esters is 1. The number of ether oxygens (including phenoxy) is 1. The van der Waals surface area contributed by atoms with Gasteiger partial charge in [0.2, 0.25) is 5.76 Å². The minimum absolute atomic E-state index is 0.213. The van der Waals surface area contributed by atoms with Gasteiger partial charge in [0, 0.05) is 10.2 Å². The minimum atomic E-state index is -0.468. The van der Waals surface area contributed by atoms with Gasteiger partial charge in [-0.15, -0.1) is 0 Å². The van der Waals surface area contributed by atoms with Crippen molar-refractivity contribution in [2.45, 2.75) is 13.5 Å². The molecule has 0 atom stereocenters. The molecule has 2 rings (SSSR count). The van der Waals surface area contributed by atoms with Gasteiger partial charge < -0.3 is 14.5 Å². The molecular formula is C14H14BrNO3. The molecule has 0 fully saturated rings. The third-order valence-corrected chi connectivity index (χ3v) is 3.01. The van der Waals surface area contributed by atoms with Crippen molar-refractivity contribution in [3.8, 4) is 0 Å². The average Bonchev–Trinajstić information content (AvgIpc) is 2.83. The Balaban J connectivity index is 2.02. The number of carbonyl (C=O) groups is 1. The highest BCUT2D eigenvalue weighted by atomic mass is 79.9. The van der Waals surface area contributed by atoms with Crippen LogP contribution in [0.2, 0.25) is 0 Å². The zero-order valence-electron chi connectivity index (χ0n) is 10.7. The van der Waals surface area contributed by atoms with Crippen LogP contribution in [0.5, 0.6) is 0 Å². The predicted molar refractivity (Wildman–Crippen MR) is 76.3 cm³/mol. The normalized spacial score (nSPS) is 10.3. The van der Waals surface area contributed by atoms with E-state index in [0.717, 1.165) is 15.7 Å². The van der Waals surface area contributed by atoms with Gasteiger partial charge in [0.05, 0.1) is 13.7 Å². The number of benzene rings is 1. The van der Waals surface area contributed by atoms with Crippen LogP contribution in [-0.2, 0) is 11.3 Å². The fraction of sp³-hybridized carbons (Fsp3) is 0.214. The van der Waals surface area contributed by atoms with Crippen molar-refractivity contribution < 1.29 is 13.9 Å². The fourth-order valence-electron chi connectivity index (χ4n) is 1.71. The molecule has 0 amide bonds. The Kier molecular flexibility index (Phi) is 4.27. The molecule has 0 aliphatic carbocycles. The van der Waals surface area contributed by atoms with Crippen molar-refractivity contribution in [3.63, 3.8) is 0 Å². The highest BCUT2D eigenvalue weighted by Crippen LogP contribution is 2.20. The Morgan fingerprint density at radius 1 is 1.37 bits per heavy atom. The lowest BCUT2D eigenvalue weighted by Gasteiger charge is -2.06. The molecule has 0 aliphatic heterocycles. The van der Waals surface area contributed by atoms with Crippen LogP contribution in [0.15, 0.2) is 39.2 Å². The van der Waals surface area contributed by atoms with Gasteiger partial charge >= 0.3 is 5.97 Å². The van der Waals surface area contributed by atoms with Gasteiger partial charge in [-0.2, -0.15) is 0 Å². The maximum atomic E-state index is 11.2. The van der Waals surface area contributed by atoms with Crippen molar-refractivity contribution in [2.24, 2.45) is 0 Å². The molecule has 0 bridgehead atoms. The molecule has 0 spiro atoms. The lowest BCUT2D eigenvalue weighted by molar-refractivity contribution is 0.0563. The molecular weight excluding hydrogens is 310 g/mol. The van der Waals surface area contributed by atoms with E-state index >= 15 is 0 Å². The molecule has 1 aromatic heterocycles. The molecule has 0 saturated heterocycles. The Morgan fingerprint density at radius 2 is 2.16 bits per heavy atom. The number of aryl methyl sites for hydroxylation is 1. The summed E-state index contributed by atoms with van der Waals surface area (Å²) in [5.74, 6) is 0.423. The number of nitrogens with one attached hydrogen (secondary N) is 1. The summed E-state index contributed by atoms with van der Waals surface area (Å²) < 4.78 is 11.0. The first-order chi connectivity index (χ1) is 9.08. The van der Waals surface area contributed by atoms with Crippen LogP contribution in [-0.4, -0.2) is 13.1 Å². The first-order valence-corrected chi connectivity index (χ1v) is 6.56. The van der Waals surface area contributed by atoms with Crippen LogP contribution in [0.4, 0.5) is 5.69 Å². The van der Waals surface area contributed by atoms with E-state index in [4.69, 9.17) is 4.42 Å². The monoisotopic (exact) mass is 323 g/mol. The second-order valence-electron chi connectivity index (χ2n) is 4.13. The standard InChI is InChI=1S/C14H14BrNO3/c1-9-5-10(15)7-11(6-9)16-8-12-3-4-13(19-12)14(17)18-2/h3-7,16H,8H2,1-2H3. The summed E-state index contributed by atoms with van der Waals surface area (Å²) in [5.41, 5.74) is 2.15. The summed E-state index contributed by atoms with van der Waals surface area (Å²) in [5, 5.41) is 3.24. The fourth-order valence-corrected chi connectivity index (χ4v) is 2.32. The Bertz CT molecular complexity index is 572. The van der Waals surface area contributed by atoms with E-state index in [1.165, 1.54) is 7.11 Å². The van der Waals surface area contributed by atoms with Crippen molar-refractivity contribution in [1.82, 2.24) is 0 Å². The van der Waals surface area contributed by atoms with E-state index < -0.39 is 5.97 Å². The second kappa shape index (κ2) is 5.93. The number of hydrogen-bond acceptors (Lipinski definition) is 4. The van der Waals surface area contributed by atoms with Crippen LogP contribution >= 0.6 is 15.9 Å². The lowest BCUT2D eigenvalue weighted by atomic mass is 10.2. The molecule has 4 nitrogen and oxygen atoms in total. The molecule has 0 saturated carbocycles. The molecule has 1 N–H and O–H groups in total. The van der Waals surface area contributed by atoms with Gasteiger partial charge in [-0.1, -0.05) is 15.9 Å². The number of methoxy groups -OCH3 is 1. The summed E-state index contributed by atoms with van der Waals surface area (Å²) in [6, 6.07) is 9.42. The van der Waals surface area contributed by atoms with Crippen LogP contribution in [0.1, 0.15) is 21.9 Å². The van der Waals surface area contributed by atoms with Gasteiger partial charge in [-0.3, -0.25) is 0 Å². The van der Waals surface area contributed by atoms with Crippen LogP contribution in [0.25, 0.3) is 0 Å². The molecule has 0 unspecified atom stereocenters. The maximum Gasteiger partial charge on any atom is 0.373 e. The molecule has 5 heteroatoms. The predicted octanol–water partition coefficient (Wildman–Crippen LogP) is 3.75. The van der Waals surface area contributed by atoms with Crippen molar-refractivity contribution in [2.75, 3.05) is 12.4 Å². The van der Waals surface area contributed by atoms with Gasteiger partial charge in [-0.05, 0) is 42.8 Å². The number of hydrogen-bond donors (Lipinski definition) is 1. The highest BCUT2D eigenvalue weighted by Gasteiger charge is 2.10. The Labute approximate surface area is 119 Å². The summed E-state index contributed by atoms with van der Waals surface area (Å²) in [4.78, 5) is 11.2. The topological polar surface area (TPSA) is 51.5 Å². The van der Waals surface area contributed by atoms with Crippen LogP contribution in [0, 0.1) is 6.92 Å². The van der Waals surface area contributed by atoms with Gasteiger partial charge in [0.1, 0.15) is 5.76 Å². The van der Waals surface area contributed by atoms with E-state index in [9.17, 15) is 4.79 Å². The van der Waals surface area contributed by atoms with E-state index in [2.05, 4.69) is 26.0 Å². The first-order valence-electron chi connectivity index (χ1n) is 5.76. The number of rotatable bonds is 4. The minimum Gasteiger partial charge on any atom is -0.463 e. The van der Waals surface area contributed by atoms with Crippen molar-refractivity contribution >= 4 is 27.6 Å². The van der Waals surface area contributed by atoms with Crippen molar-refractivity contribution in [1.29, 1.82) is 0 Å². The van der Waals surface area contributed by atoms with E-state index in [1.54, 1.807) is 12.1 Å². The summed E-state index contributed by atoms with van der Waals surface area (Å²) in [6.45, 7) is 2.53. The third kappa shape index (κ3) is 3.61. The Hall–Kier alpha value is -1.75. The van der Waals surface area contributed by atoms with E-state index in [0.29, 0.717) is 12.3 Å². The van der Waals surface area contributed by atoms with E-state index in [-0.39, 0.29) is 5.76 Å². The van der Waals surface area contributed by atoms with E-state index in [1.807, 2.05) is 25.1 Å². The largest absolute Gasteiger partial charge is 0.463 e. The molecule has 0 radical (unpaired) electrons. The van der Waals surface area contributed by atoms with Crippen molar-refractivity contribution in [3.05, 3.63) is 51.9 Å². The van der Waals surface area contributed by atoms with Gasteiger partial charge in [0.15, 0.2) is 0 Å².